The second-order valence-electron chi connectivity index (χ2n) is 3.53. The third-order valence-electron chi connectivity index (χ3n) is 2.04. The van der Waals surface area contributed by atoms with Gasteiger partial charge in [-0.2, -0.15) is 0 Å². The number of hydrogen-bond acceptors (Lipinski definition) is 4. The molecule has 0 bridgehead atoms. The number of rotatable bonds is 3. The second kappa shape index (κ2) is 4.84. The zero-order valence-electron chi connectivity index (χ0n) is 8.94. The Bertz CT molecular complexity index is 470. The van der Waals surface area contributed by atoms with E-state index in [4.69, 9.17) is 11.6 Å². The first-order chi connectivity index (χ1) is 7.68. The highest BCUT2D eigenvalue weighted by Crippen LogP contribution is 2.33. The molecule has 0 radical (unpaired) electrons. The molecule has 4 nitrogen and oxygen atoms in total. The molecule has 6 heteroatoms. The minimum Gasteiger partial charge on any atom is -0.339 e. The SMILES string of the molecule is CC(C)c1c(Cl)ncnc1Sc1ncc[nH]1. The summed E-state index contributed by atoms with van der Waals surface area (Å²) >= 11 is 7.53. The lowest BCUT2D eigenvalue weighted by Gasteiger charge is -2.10. The molecule has 2 aromatic heterocycles. The van der Waals surface area contributed by atoms with Crippen LogP contribution in [0.4, 0.5) is 0 Å². The Hall–Kier alpha value is -1.07. The van der Waals surface area contributed by atoms with Crippen molar-refractivity contribution in [3.05, 3.63) is 29.4 Å². The molecule has 0 aliphatic rings. The van der Waals surface area contributed by atoms with Crippen LogP contribution in [0, 0.1) is 0 Å². The predicted octanol–water partition coefficient (Wildman–Crippen LogP) is 3.13. The smallest absolute Gasteiger partial charge is 0.171 e. The first-order valence-corrected chi connectivity index (χ1v) is 6.05. The van der Waals surface area contributed by atoms with Crippen LogP contribution in [0.25, 0.3) is 0 Å². The van der Waals surface area contributed by atoms with E-state index in [-0.39, 0.29) is 5.92 Å². The van der Waals surface area contributed by atoms with E-state index in [1.807, 2.05) is 0 Å². The summed E-state index contributed by atoms with van der Waals surface area (Å²) in [6.07, 6.45) is 4.96. The summed E-state index contributed by atoms with van der Waals surface area (Å²) in [5.74, 6) is 0.283. The van der Waals surface area contributed by atoms with Gasteiger partial charge in [-0.3, -0.25) is 0 Å². The first kappa shape index (κ1) is 11.4. The summed E-state index contributed by atoms with van der Waals surface area (Å²) < 4.78 is 0. The zero-order valence-corrected chi connectivity index (χ0v) is 10.5. The Morgan fingerprint density at radius 1 is 1.31 bits per heavy atom. The number of nitrogens with zero attached hydrogens (tertiary/aromatic N) is 3. The lowest BCUT2D eigenvalue weighted by molar-refractivity contribution is 0.801. The number of aromatic amines is 1. The fourth-order valence-corrected chi connectivity index (χ4v) is 2.70. The highest BCUT2D eigenvalue weighted by atomic mass is 35.5. The van der Waals surface area contributed by atoms with Crippen molar-refractivity contribution >= 4 is 23.4 Å². The van der Waals surface area contributed by atoms with Gasteiger partial charge >= 0.3 is 0 Å². The van der Waals surface area contributed by atoms with Gasteiger partial charge in [0.2, 0.25) is 0 Å². The lowest BCUT2D eigenvalue weighted by atomic mass is 10.1. The Kier molecular flexibility index (Phi) is 3.46. The summed E-state index contributed by atoms with van der Waals surface area (Å²) in [6.45, 7) is 4.13. The van der Waals surface area contributed by atoms with Crippen LogP contribution < -0.4 is 0 Å². The van der Waals surface area contributed by atoms with Gasteiger partial charge in [0.15, 0.2) is 5.16 Å². The van der Waals surface area contributed by atoms with Crippen molar-refractivity contribution < 1.29 is 0 Å². The summed E-state index contributed by atoms with van der Waals surface area (Å²) in [7, 11) is 0. The molecule has 0 atom stereocenters. The Morgan fingerprint density at radius 2 is 2.12 bits per heavy atom. The van der Waals surface area contributed by atoms with Gasteiger partial charge in [-0.05, 0) is 17.7 Å². The molecule has 2 rings (SSSR count). The molecule has 0 saturated carbocycles. The number of nitrogens with one attached hydrogen (secondary N) is 1. The van der Waals surface area contributed by atoms with Crippen LogP contribution in [0.3, 0.4) is 0 Å². The maximum absolute atomic E-state index is 6.07. The number of H-pyrrole nitrogens is 1. The molecular weight excluding hydrogens is 244 g/mol. The van der Waals surface area contributed by atoms with E-state index in [0.29, 0.717) is 5.15 Å². The molecule has 84 valence electrons. The summed E-state index contributed by atoms with van der Waals surface area (Å²) in [5.41, 5.74) is 0.963. The maximum Gasteiger partial charge on any atom is 0.171 e. The standard InChI is InChI=1S/C10H11ClN4S/c1-6(2)7-8(11)14-5-15-9(7)16-10-12-3-4-13-10/h3-6H,1-2H3,(H,12,13). The van der Waals surface area contributed by atoms with Crippen molar-refractivity contribution in [2.45, 2.75) is 29.9 Å². The van der Waals surface area contributed by atoms with Crippen LogP contribution in [0.1, 0.15) is 25.3 Å². The number of hydrogen-bond donors (Lipinski definition) is 1. The van der Waals surface area contributed by atoms with Crippen molar-refractivity contribution in [2.75, 3.05) is 0 Å². The topological polar surface area (TPSA) is 54.5 Å². The monoisotopic (exact) mass is 254 g/mol. The number of halogens is 1. The van der Waals surface area contributed by atoms with Crippen molar-refractivity contribution in [1.29, 1.82) is 0 Å². The molecule has 0 fully saturated rings. The van der Waals surface area contributed by atoms with Crippen LogP contribution in [0.15, 0.2) is 28.9 Å². The molecule has 0 aliphatic heterocycles. The predicted molar refractivity (Wildman–Crippen MR) is 63.8 cm³/mol. The van der Waals surface area contributed by atoms with Gasteiger partial charge in [0.1, 0.15) is 16.5 Å². The van der Waals surface area contributed by atoms with E-state index in [2.05, 4.69) is 33.8 Å². The normalized spacial score (nSPS) is 11.0. The summed E-state index contributed by atoms with van der Waals surface area (Å²) in [6, 6.07) is 0. The van der Waals surface area contributed by atoms with Crippen LogP contribution >= 0.6 is 23.4 Å². The fourth-order valence-electron chi connectivity index (χ4n) is 1.32. The summed E-state index contributed by atoms with van der Waals surface area (Å²) in [5, 5.41) is 2.17. The Morgan fingerprint density at radius 3 is 2.75 bits per heavy atom. The lowest BCUT2D eigenvalue weighted by Crippen LogP contribution is -1.97. The van der Waals surface area contributed by atoms with Crippen molar-refractivity contribution in [2.24, 2.45) is 0 Å². The Balaban J connectivity index is 2.37. The third-order valence-corrected chi connectivity index (χ3v) is 3.28. The van der Waals surface area contributed by atoms with Crippen LogP contribution in [-0.4, -0.2) is 19.9 Å². The average Bonchev–Trinajstić information content (AvgIpc) is 2.70. The fraction of sp³-hybridized carbons (Fsp3) is 0.300. The molecule has 16 heavy (non-hydrogen) atoms. The first-order valence-electron chi connectivity index (χ1n) is 4.86. The van der Waals surface area contributed by atoms with Gasteiger partial charge in [-0.25, -0.2) is 15.0 Å². The molecule has 0 aliphatic carbocycles. The summed E-state index contributed by atoms with van der Waals surface area (Å²) in [4.78, 5) is 15.4. The molecule has 2 heterocycles. The van der Waals surface area contributed by atoms with E-state index in [1.165, 1.54) is 18.1 Å². The molecule has 0 spiro atoms. The number of aromatic nitrogens is 4. The minimum atomic E-state index is 0.283. The number of imidazole rings is 1. The molecular formula is C10H11ClN4S. The van der Waals surface area contributed by atoms with Gasteiger partial charge in [-0.15, -0.1) is 0 Å². The van der Waals surface area contributed by atoms with E-state index < -0.39 is 0 Å². The molecule has 0 aromatic carbocycles. The Labute approximate surface area is 103 Å². The average molecular weight is 255 g/mol. The highest BCUT2D eigenvalue weighted by Gasteiger charge is 2.15. The molecule has 2 aromatic rings. The molecule has 0 amide bonds. The minimum absolute atomic E-state index is 0.283. The van der Waals surface area contributed by atoms with Gasteiger partial charge in [-0.1, -0.05) is 25.4 Å². The molecule has 0 unspecified atom stereocenters. The third kappa shape index (κ3) is 2.36. The van der Waals surface area contributed by atoms with Crippen LogP contribution in [0.5, 0.6) is 0 Å². The van der Waals surface area contributed by atoms with E-state index in [9.17, 15) is 0 Å². The quantitative estimate of drug-likeness (QED) is 0.855. The van der Waals surface area contributed by atoms with Crippen molar-refractivity contribution in [3.8, 4) is 0 Å². The van der Waals surface area contributed by atoms with E-state index in [1.54, 1.807) is 12.4 Å². The van der Waals surface area contributed by atoms with Gasteiger partial charge in [0, 0.05) is 18.0 Å². The van der Waals surface area contributed by atoms with Gasteiger partial charge < -0.3 is 4.98 Å². The van der Waals surface area contributed by atoms with Gasteiger partial charge in [0.25, 0.3) is 0 Å². The zero-order chi connectivity index (χ0) is 11.5. The van der Waals surface area contributed by atoms with Crippen molar-refractivity contribution in [3.63, 3.8) is 0 Å². The molecule has 1 N–H and O–H groups in total. The second-order valence-corrected chi connectivity index (χ2v) is 4.87. The van der Waals surface area contributed by atoms with Crippen molar-refractivity contribution in [1.82, 2.24) is 19.9 Å². The van der Waals surface area contributed by atoms with Gasteiger partial charge in [0.05, 0.1) is 0 Å². The van der Waals surface area contributed by atoms with Crippen LogP contribution in [-0.2, 0) is 0 Å². The largest absolute Gasteiger partial charge is 0.339 e. The highest BCUT2D eigenvalue weighted by molar-refractivity contribution is 7.99. The molecule has 0 saturated heterocycles. The maximum atomic E-state index is 6.07. The van der Waals surface area contributed by atoms with E-state index in [0.717, 1.165) is 15.7 Å². The van der Waals surface area contributed by atoms with Crippen LogP contribution in [0.2, 0.25) is 5.15 Å². The van der Waals surface area contributed by atoms with E-state index >= 15 is 0 Å².